The van der Waals surface area contributed by atoms with E-state index in [1.165, 1.54) is 12.2 Å². The number of aliphatic imine (C=N–C) groups is 2. The van der Waals surface area contributed by atoms with Crippen LogP contribution < -0.4 is 0 Å². The molecule has 4 nitrogen and oxygen atoms in total. The summed E-state index contributed by atoms with van der Waals surface area (Å²) in [5, 5.41) is 0.427. The molecule has 0 aliphatic carbocycles. The predicted octanol–water partition coefficient (Wildman–Crippen LogP) is 3.97. The molecule has 0 heterocycles. The van der Waals surface area contributed by atoms with Gasteiger partial charge in [0.1, 0.15) is 0 Å². The molecule has 0 aromatic heterocycles. The van der Waals surface area contributed by atoms with Crippen molar-refractivity contribution in [1.29, 1.82) is 0 Å². The van der Waals surface area contributed by atoms with Crippen LogP contribution in [0.15, 0.2) is 9.98 Å². The van der Waals surface area contributed by atoms with Crippen molar-refractivity contribution >= 4 is 58.6 Å². The summed E-state index contributed by atoms with van der Waals surface area (Å²) in [6, 6.07) is 0. The minimum absolute atomic E-state index is 0.0648. The number of carbonyl (C=O) groups excluding carboxylic acids is 2. The van der Waals surface area contributed by atoms with Crippen LogP contribution in [0.5, 0.6) is 0 Å². The molecule has 1 aromatic rings. The molecule has 0 unspecified atom stereocenters. The lowest BCUT2D eigenvalue weighted by atomic mass is 10.1. The molecule has 0 spiro atoms. The standard InChI is InChI=1S/C10H4Cl4N2O2/c11-7-5(1-15-3-17)8(12)10(14)9(13)6(7)2-16-4-18/h1-2H2. The van der Waals surface area contributed by atoms with E-state index < -0.39 is 0 Å². The van der Waals surface area contributed by atoms with Gasteiger partial charge in [0.25, 0.3) is 0 Å². The van der Waals surface area contributed by atoms with E-state index in [1.54, 1.807) is 0 Å². The normalized spacial score (nSPS) is 9.56. The quantitative estimate of drug-likeness (QED) is 0.364. The van der Waals surface area contributed by atoms with E-state index in [2.05, 4.69) is 9.98 Å². The van der Waals surface area contributed by atoms with Crippen LogP contribution in [0.4, 0.5) is 0 Å². The summed E-state index contributed by atoms with van der Waals surface area (Å²) in [6.45, 7) is -0.175. The Hall–Kier alpha value is -0.860. The van der Waals surface area contributed by atoms with Crippen LogP contribution in [0.25, 0.3) is 0 Å². The van der Waals surface area contributed by atoms with Crippen molar-refractivity contribution in [1.82, 2.24) is 0 Å². The smallest absolute Gasteiger partial charge is 0.211 e. The van der Waals surface area contributed by atoms with Crippen molar-refractivity contribution < 1.29 is 9.59 Å². The van der Waals surface area contributed by atoms with Gasteiger partial charge in [-0.05, 0) is 0 Å². The van der Waals surface area contributed by atoms with E-state index >= 15 is 0 Å². The van der Waals surface area contributed by atoms with Crippen molar-refractivity contribution in [2.45, 2.75) is 13.1 Å². The Morgan fingerprint density at radius 2 is 1.11 bits per heavy atom. The largest absolute Gasteiger partial charge is 0.235 e. The second kappa shape index (κ2) is 6.91. The molecule has 0 N–H and O–H groups in total. The summed E-state index contributed by atoms with van der Waals surface area (Å²) < 4.78 is 0. The third-order valence-corrected chi connectivity index (χ3v) is 3.91. The van der Waals surface area contributed by atoms with Gasteiger partial charge in [-0.25, -0.2) is 19.6 Å². The van der Waals surface area contributed by atoms with Crippen LogP contribution in [0, 0.1) is 0 Å². The molecule has 8 heteroatoms. The summed E-state index contributed by atoms with van der Waals surface area (Å²) in [5.41, 5.74) is 0.652. The molecule has 1 aromatic carbocycles. The van der Waals surface area contributed by atoms with Gasteiger partial charge in [0.05, 0.1) is 33.2 Å². The fourth-order valence-corrected chi connectivity index (χ4v) is 2.42. The first-order valence-corrected chi connectivity index (χ1v) is 5.96. The van der Waals surface area contributed by atoms with Crippen LogP contribution >= 0.6 is 46.4 Å². The second-order valence-corrected chi connectivity index (χ2v) is 4.54. The Bertz CT molecular complexity index is 529. The van der Waals surface area contributed by atoms with Crippen molar-refractivity contribution in [3.63, 3.8) is 0 Å². The van der Waals surface area contributed by atoms with Gasteiger partial charge in [-0.15, -0.1) is 0 Å². The van der Waals surface area contributed by atoms with E-state index in [-0.39, 0.29) is 33.2 Å². The van der Waals surface area contributed by atoms with Crippen LogP contribution in [0.2, 0.25) is 20.1 Å². The Morgan fingerprint density at radius 3 is 1.44 bits per heavy atom. The summed E-state index contributed by atoms with van der Waals surface area (Å²) in [7, 11) is 0. The first-order valence-electron chi connectivity index (χ1n) is 4.45. The number of isocyanates is 2. The van der Waals surface area contributed by atoms with Crippen LogP contribution in [-0.2, 0) is 22.7 Å². The minimum atomic E-state index is -0.0874. The second-order valence-electron chi connectivity index (χ2n) is 3.03. The highest BCUT2D eigenvalue weighted by atomic mass is 35.5. The molecule has 0 amide bonds. The van der Waals surface area contributed by atoms with Gasteiger partial charge < -0.3 is 0 Å². The molecular formula is C10H4Cl4N2O2. The van der Waals surface area contributed by atoms with Crippen molar-refractivity contribution in [3.05, 3.63) is 31.2 Å². The van der Waals surface area contributed by atoms with E-state index in [4.69, 9.17) is 46.4 Å². The number of halogens is 4. The molecule has 0 aliphatic rings. The lowest BCUT2D eigenvalue weighted by Crippen LogP contribution is -1.95. The Balaban J connectivity index is 3.47. The fraction of sp³-hybridized carbons (Fsp3) is 0.200. The third kappa shape index (κ3) is 3.12. The lowest BCUT2D eigenvalue weighted by molar-refractivity contribution is 0.562. The maximum Gasteiger partial charge on any atom is 0.235 e. The molecule has 0 saturated heterocycles. The molecule has 0 bridgehead atoms. The summed E-state index contributed by atoms with van der Waals surface area (Å²) >= 11 is 23.9. The molecule has 94 valence electrons. The van der Waals surface area contributed by atoms with Gasteiger partial charge in [0.2, 0.25) is 12.2 Å². The van der Waals surface area contributed by atoms with Gasteiger partial charge in [0, 0.05) is 11.1 Å². The zero-order valence-electron chi connectivity index (χ0n) is 8.64. The first kappa shape index (κ1) is 15.2. The Kier molecular flexibility index (Phi) is 5.83. The van der Waals surface area contributed by atoms with Gasteiger partial charge in [-0.1, -0.05) is 46.4 Å². The zero-order valence-corrected chi connectivity index (χ0v) is 11.7. The van der Waals surface area contributed by atoms with Crippen LogP contribution in [-0.4, -0.2) is 12.2 Å². The maximum atomic E-state index is 10.1. The highest BCUT2D eigenvalue weighted by Gasteiger charge is 2.19. The number of nitrogens with zero attached hydrogens (tertiary/aromatic N) is 2. The van der Waals surface area contributed by atoms with E-state index in [0.717, 1.165) is 0 Å². The van der Waals surface area contributed by atoms with E-state index in [0.29, 0.717) is 11.1 Å². The average Bonchev–Trinajstić information content (AvgIpc) is 2.36. The molecular weight excluding hydrogens is 322 g/mol. The monoisotopic (exact) mass is 324 g/mol. The van der Waals surface area contributed by atoms with Crippen molar-refractivity contribution in [2.75, 3.05) is 0 Å². The molecule has 0 saturated carbocycles. The maximum absolute atomic E-state index is 10.1. The molecule has 0 fully saturated rings. The minimum Gasteiger partial charge on any atom is -0.211 e. The van der Waals surface area contributed by atoms with Crippen LogP contribution in [0.1, 0.15) is 11.1 Å². The predicted molar refractivity (Wildman–Crippen MR) is 70.1 cm³/mol. The summed E-state index contributed by atoms with van der Waals surface area (Å²) in [5.74, 6) is 0. The number of benzene rings is 1. The van der Waals surface area contributed by atoms with E-state index in [1.807, 2.05) is 0 Å². The van der Waals surface area contributed by atoms with Crippen molar-refractivity contribution in [2.24, 2.45) is 9.98 Å². The highest BCUT2D eigenvalue weighted by Crippen LogP contribution is 2.41. The Labute approximate surface area is 122 Å². The van der Waals surface area contributed by atoms with Gasteiger partial charge >= 0.3 is 0 Å². The summed E-state index contributed by atoms with van der Waals surface area (Å²) in [4.78, 5) is 26.9. The SMILES string of the molecule is O=C=NCc1c(Cl)c(Cl)c(Cl)c(CN=C=O)c1Cl. The third-order valence-electron chi connectivity index (χ3n) is 2.05. The van der Waals surface area contributed by atoms with Gasteiger partial charge in [-0.3, -0.25) is 0 Å². The Morgan fingerprint density at radius 1 is 0.722 bits per heavy atom. The number of hydrogen-bond donors (Lipinski definition) is 0. The highest BCUT2D eigenvalue weighted by molar-refractivity contribution is 6.50. The molecule has 0 radical (unpaired) electrons. The van der Waals surface area contributed by atoms with Gasteiger partial charge in [-0.2, -0.15) is 0 Å². The molecule has 18 heavy (non-hydrogen) atoms. The first-order chi connectivity index (χ1) is 8.54. The number of rotatable bonds is 4. The zero-order chi connectivity index (χ0) is 13.7. The topological polar surface area (TPSA) is 58.9 Å². The molecule has 0 atom stereocenters. The van der Waals surface area contributed by atoms with Crippen molar-refractivity contribution in [3.8, 4) is 0 Å². The van der Waals surface area contributed by atoms with E-state index in [9.17, 15) is 9.59 Å². The lowest BCUT2D eigenvalue weighted by Gasteiger charge is -2.12. The molecule has 0 aliphatic heterocycles. The average molecular weight is 326 g/mol. The summed E-state index contributed by atoms with van der Waals surface area (Å²) in [6.07, 6.45) is 2.73. The van der Waals surface area contributed by atoms with Crippen LogP contribution in [0.3, 0.4) is 0 Å². The molecule has 1 rings (SSSR count). The number of hydrogen-bond acceptors (Lipinski definition) is 4. The van der Waals surface area contributed by atoms with Gasteiger partial charge in [0.15, 0.2) is 0 Å². The fourth-order valence-electron chi connectivity index (χ4n) is 1.24.